The Morgan fingerprint density at radius 2 is 2.29 bits per heavy atom. The molecule has 96 valence electrons. The Hall–Kier alpha value is -0.570. The summed E-state index contributed by atoms with van der Waals surface area (Å²) >= 11 is 2.55. The lowest BCUT2D eigenvalue weighted by Gasteiger charge is -2.03. The topological polar surface area (TPSA) is 83.5 Å². The molecule has 0 spiro atoms. The molecular formula is C9H13NO4S3. The van der Waals surface area contributed by atoms with Crippen molar-refractivity contribution in [3.63, 3.8) is 0 Å². The van der Waals surface area contributed by atoms with Crippen LogP contribution in [0.4, 0.5) is 0 Å². The highest BCUT2D eigenvalue weighted by atomic mass is 32.2. The lowest BCUT2D eigenvalue weighted by atomic mass is 10.5. The van der Waals surface area contributed by atoms with Crippen LogP contribution in [0.2, 0.25) is 0 Å². The van der Waals surface area contributed by atoms with E-state index in [-0.39, 0.29) is 9.77 Å². The number of hydrogen-bond acceptors (Lipinski definition) is 5. The van der Waals surface area contributed by atoms with Crippen molar-refractivity contribution in [3.8, 4) is 0 Å². The smallest absolute Gasteiger partial charge is 0.345 e. The summed E-state index contributed by atoms with van der Waals surface area (Å²) in [5.74, 6) is -0.231. The first kappa shape index (κ1) is 14.5. The fraction of sp³-hybridized carbons (Fsp3) is 0.444. The largest absolute Gasteiger partial charge is 0.477 e. The molecule has 8 heteroatoms. The van der Waals surface area contributed by atoms with Gasteiger partial charge in [-0.25, -0.2) is 17.9 Å². The summed E-state index contributed by atoms with van der Waals surface area (Å²) < 4.78 is 25.9. The number of hydrogen-bond donors (Lipinski definition) is 2. The van der Waals surface area contributed by atoms with E-state index < -0.39 is 16.0 Å². The fourth-order valence-electron chi connectivity index (χ4n) is 1.08. The summed E-state index contributed by atoms with van der Waals surface area (Å²) in [6.07, 6.45) is 2.70. The summed E-state index contributed by atoms with van der Waals surface area (Å²) in [7, 11) is -3.57. The van der Waals surface area contributed by atoms with Crippen LogP contribution in [0, 0.1) is 0 Å². The van der Waals surface area contributed by atoms with Gasteiger partial charge in [0.1, 0.15) is 4.88 Å². The summed E-state index contributed by atoms with van der Waals surface area (Å²) in [6.45, 7) is 0.363. The van der Waals surface area contributed by atoms with Crippen molar-refractivity contribution < 1.29 is 18.3 Å². The highest BCUT2D eigenvalue weighted by molar-refractivity contribution is 7.98. The van der Waals surface area contributed by atoms with Gasteiger partial charge in [-0.05, 0) is 24.5 Å². The summed E-state index contributed by atoms with van der Waals surface area (Å²) in [5, 5.41) is 10.0. The Balaban J connectivity index is 2.66. The van der Waals surface area contributed by atoms with Crippen LogP contribution in [0.5, 0.6) is 0 Å². The molecule has 0 radical (unpaired) electrons. The SMILES string of the molecule is CSCCCNS(=O)(=O)c1csc(C(=O)O)c1. The van der Waals surface area contributed by atoms with E-state index in [2.05, 4.69) is 4.72 Å². The molecule has 0 saturated carbocycles. The van der Waals surface area contributed by atoms with Crippen LogP contribution >= 0.6 is 23.1 Å². The quantitative estimate of drug-likeness (QED) is 0.744. The molecule has 0 unspecified atom stereocenters. The summed E-state index contributed by atoms with van der Waals surface area (Å²) in [5.41, 5.74) is 0. The number of aromatic carboxylic acids is 1. The van der Waals surface area contributed by atoms with E-state index in [9.17, 15) is 13.2 Å². The maximum absolute atomic E-state index is 11.7. The van der Waals surface area contributed by atoms with Gasteiger partial charge in [0.25, 0.3) is 0 Å². The Morgan fingerprint density at radius 1 is 1.59 bits per heavy atom. The van der Waals surface area contributed by atoms with E-state index >= 15 is 0 Å². The van der Waals surface area contributed by atoms with Gasteiger partial charge in [-0.1, -0.05) is 0 Å². The minimum atomic E-state index is -3.57. The van der Waals surface area contributed by atoms with Crippen molar-refractivity contribution >= 4 is 39.1 Å². The summed E-state index contributed by atoms with van der Waals surface area (Å²) in [6, 6.07) is 1.17. The van der Waals surface area contributed by atoms with Crippen molar-refractivity contribution in [3.05, 3.63) is 16.3 Å². The van der Waals surface area contributed by atoms with Gasteiger partial charge in [-0.15, -0.1) is 11.3 Å². The number of thiophene rings is 1. The average Bonchev–Trinajstić information content (AvgIpc) is 2.74. The first-order valence-electron chi connectivity index (χ1n) is 4.78. The lowest BCUT2D eigenvalue weighted by molar-refractivity contribution is 0.0702. The third-order valence-electron chi connectivity index (χ3n) is 1.91. The lowest BCUT2D eigenvalue weighted by Crippen LogP contribution is -2.24. The van der Waals surface area contributed by atoms with Crippen LogP contribution < -0.4 is 4.72 Å². The van der Waals surface area contributed by atoms with Gasteiger partial charge in [0.15, 0.2) is 0 Å². The molecule has 0 atom stereocenters. The minimum absolute atomic E-state index is 0.0176. The number of carbonyl (C=O) groups is 1. The van der Waals surface area contributed by atoms with Crippen molar-refractivity contribution in [1.82, 2.24) is 4.72 Å². The van der Waals surface area contributed by atoms with E-state index in [1.807, 2.05) is 6.26 Å². The van der Waals surface area contributed by atoms with Crippen LogP contribution in [-0.4, -0.2) is 38.0 Å². The number of thioether (sulfide) groups is 1. The zero-order valence-corrected chi connectivity index (χ0v) is 11.6. The zero-order valence-electron chi connectivity index (χ0n) is 9.17. The molecule has 1 heterocycles. The number of nitrogens with one attached hydrogen (secondary N) is 1. The van der Waals surface area contributed by atoms with E-state index in [4.69, 9.17) is 5.11 Å². The second-order valence-electron chi connectivity index (χ2n) is 3.20. The Morgan fingerprint density at radius 3 is 2.82 bits per heavy atom. The predicted octanol–water partition coefficient (Wildman–Crippen LogP) is 1.48. The highest BCUT2D eigenvalue weighted by Crippen LogP contribution is 2.18. The molecule has 1 aromatic heterocycles. The van der Waals surface area contributed by atoms with Gasteiger partial charge in [-0.3, -0.25) is 0 Å². The Kier molecular flexibility index (Phi) is 5.44. The third-order valence-corrected chi connectivity index (χ3v) is 5.12. The second-order valence-corrected chi connectivity index (χ2v) is 6.86. The van der Waals surface area contributed by atoms with E-state index in [1.165, 1.54) is 11.4 Å². The molecule has 0 aliphatic carbocycles. The van der Waals surface area contributed by atoms with E-state index in [1.54, 1.807) is 11.8 Å². The fourth-order valence-corrected chi connectivity index (χ4v) is 3.70. The maximum atomic E-state index is 11.7. The molecule has 0 aliphatic rings. The van der Waals surface area contributed by atoms with Crippen molar-refractivity contribution in [1.29, 1.82) is 0 Å². The monoisotopic (exact) mass is 295 g/mol. The van der Waals surface area contributed by atoms with Gasteiger partial charge < -0.3 is 5.11 Å². The maximum Gasteiger partial charge on any atom is 0.345 e. The molecule has 1 aromatic rings. The van der Waals surface area contributed by atoms with Crippen molar-refractivity contribution in [2.75, 3.05) is 18.6 Å². The zero-order chi connectivity index (χ0) is 12.9. The average molecular weight is 295 g/mol. The normalized spacial score (nSPS) is 11.6. The van der Waals surface area contributed by atoms with Gasteiger partial charge in [0.2, 0.25) is 10.0 Å². The van der Waals surface area contributed by atoms with Gasteiger partial charge in [-0.2, -0.15) is 11.8 Å². The highest BCUT2D eigenvalue weighted by Gasteiger charge is 2.17. The molecule has 17 heavy (non-hydrogen) atoms. The van der Waals surface area contributed by atoms with E-state index in [0.717, 1.165) is 23.5 Å². The van der Waals surface area contributed by atoms with Crippen LogP contribution in [0.25, 0.3) is 0 Å². The Labute approximate surface area is 108 Å². The molecule has 0 bridgehead atoms. The van der Waals surface area contributed by atoms with Crippen molar-refractivity contribution in [2.24, 2.45) is 0 Å². The number of rotatable bonds is 7. The standard InChI is InChI=1S/C9H13NO4S3/c1-15-4-2-3-10-17(13,14)7-5-8(9(11)12)16-6-7/h5-6,10H,2-4H2,1H3,(H,11,12). The number of sulfonamides is 1. The van der Waals surface area contributed by atoms with Crippen LogP contribution in [-0.2, 0) is 10.0 Å². The number of carboxylic acids is 1. The molecular weight excluding hydrogens is 282 g/mol. The van der Waals surface area contributed by atoms with Crippen molar-refractivity contribution in [2.45, 2.75) is 11.3 Å². The number of carboxylic acid groups (broad SMARTS) is 1. The van der Waals surface area contributed by atoms with E-state index in [0.29, 0.717) is 6.54 Å². The van der Waals surface area contributed by atoms with Crippen LogP contribution in [0.15, 0.2) is 16.3 Å². The third kappa shape index (κ3) is 4.30. The molecule has 1 rings (SSSR count). The van der Waals surface area contributed by atoms with Crippen LogP contribution in [0.3, 0.4) is 0 Å². The molecule has 0 saturated heterocycles. The predicted molar refractivity (Wildman–Crippen MR) is 69.5 cm³/mol. The molecule has 5 nitrogen and oxygen atoms in total. The van der Waals surface area contributed by atoms with Gasteiger partial charge in [0, 0.05) is 11.9 Å². The Bertz CT molecular complexity index is 480. The second kappa shape index (κ2) is 6.39. The van der Waals surface area contributed by atoms with Gasteiger partial charge >= 0.3 is 5.97 Å². The first-order chi connectivity index (χ1) is 7.97. The summed E-state index contributed by atoms with van der Waals surface area (Å²) in [4.78, 5) is 10.7. The molecule has 0 aliphatic heterocycles. The first-order valence-corrected chi connectivity index (χ1v) is 8.53. The molecule has 2 N–H and O–H groups in total. The molecule has 0 fully saturated rings. The van der Waals surface area contributed by atoms with Crippen LogP contribution in [0.1, 0.15) is 16.1 Å². The minimum Gasteiger partial charge on any atom is -0.477 e. The molecule has 0 aromatic carbocycles. The molecule has 0 amide bonds. The van der Waals surface area contributed by atoms with Gasteiger partial charge in [0.05, 0.1) is 4.90 Å².